The topological polar surface area (TPSA) is 53.1 Å². The SMILES string of the molecule is Cc1ccn(CCOc2ccc(CN)cc2)n1. The van der Waals surface area contributed by atoms with E-state index >= 15 is 0 Å². The molecule has 0 saturated carbocycles. The average molecular weight is 231 g/mol. The number of aromatic nitrogens is 2. The monoisotopic (exact) mass is 231 g/mol. The van der Waals surface area contributed by atoms with Gasteiger partial charge in [0.25, 0.3) is 0 Å². The van der Waals surface area contributed by atoms with E-state index in [4.69, 9.17) is 10.5 Å². The van der Waals surface area contributed by atoms with Crippen LogP contribution in [0.3, 0.4) is 0 Å². The highest BCUT2D eigenvalue weighted by Crippen LogP contribution is 2.11. The first-order valence-electron chi connectivity index (χ1n) is 5.70. The summed E-state index contributed by atoms with van der Waals surface area (Å²) in [6, 6.07) is 9.82. The van der Waals surface area contributed by atoms with Crippen LogP contribution in [-0.2, 0) is 13.1 Å². The average Bonchev–Trinajstić information content (AvgIpc) is 2.76. The van der Waals surface area contributed by atoms with E-state index in [-0.39, 0.29) is 0 Å². The fourth-order valence-corrected chi connectivity index (χ4v) is 1.57. The number of ether oxygens (including phenoxy) is 1. The smallest absolute Gasteiger partial charge is 0.119 e. The van der Waals surface area contributed by atoms with Crippen molar-refractivity contribution >= 4 is 0 Å². The van der Waals surface area contributed by atoms with Crippen molar-refractivity contribution in [2.24, 2.45) is 5.73 Å². The summed E-state index contributed by atoms with van der Waals surface area (Å²) in [5.74, 6) is 0.867. The molecule has 0 fully saturated rings. The number of hydrogen-bond acceptors (Lipinski definition) is 3. The van der Waals surface area contributed by atoms with Gasteiger partial charge in [0.05, 0.1) is 12.2 Å². The Bertz CT molecular complexity index is 462. The maximum Gasteiger partial charge on any atom is 0.119 e. The van der Waals surface area contributed by atoms with Crippen molar-refractivity contribution in [1.82, 2.24) is 9.78 Å². The zero-order chi connectivity index (χ0) is 12.1. The third kappa shape index (κ3) is 3.32. The molecule has 0 aliphatic carbocycles. The molecular weight excluding hydrogens is 214 g/mol. The number of benzene rings is 1. The van der Waals surface area contributed by atoms with Crippen LogP contribution >= 0.6 is 0 Å². The Morgan fingerprint density at radius 1 is 1.24 bits per heavy atom. The molecule has 0 atom stereocenters. The van der Waals surface area contributed by atoms with E-state index in [1.807, 2.05) is 48.1 Å². The van der Waals surface area contributed by atoms with Crippen LogP contribution < -0.4 is 10.5 Å². The first-order valence-corrected chi connectivity index (χ1v) is 5.70. The highest BCUT2D eigenvalue weighted by molar-refractivity contribution is 5.26. The second kappa shape index (κ2) is 5.50. The van der Waals surface area contributed by atoms with Crippen molar-refractivity contribution in [3.63, 3.8) is 0 Å². The zero-order valence-corrected chi connectivity index (χ0v) is 9.97. The lowest BCUT2D eigenvalue weighted by molar-refractivity contribution is 0.291. The second-order valence-corrected chi connectivity index (χ2v) is 3.92. The van der Waals surface area contributed by atoms with Gasteiger partial charge in [-0.15, -0.1) is 0 Å². The molecule has 90 valence electrons. The maximum absolute atomic E-state index is 5.62. The molecule has 4 nitrogen and oxygen atoms in total. The van der Waals surface area contributed by atoms with Gasteiger partial charge in [-0.25, -0.2) is 0 Å². The normalized spacial score (nSPS) is 10.5. The van der Waals surface area contributed by atoms with Gasteiger partial charge in [0.1, 0.15) is 12.4 Å². The minimum Gasteiger partial charge on any atom is -0.492 e. The van der Waals surface area contributed by atoms with Gasteiger partial charge in [0.15, 0.2) is 0 Å². The summed E-state index contributed by atoms with van der Waals surface area (Å²) in [5, 5.41) is 4.29. The minimum atomic E-state index is 0.562. The van der Waals surface area contributed by atoms with Gasteiger partial charge in [-0.2, -0.15) is 5.10 Å². The van der Waals surface area contributed by atoms with Crippen molar-refractivity contribution in [2.75, 3.05) is 6.61 Å². The van der Waals surface area contributed by atoms with Crippen LogP contribution in [-0.4, -0.2) is 16.4 Å². The van der Waals surface area contributed by atoms with Crippen molar-refractivity contribution in [2.45, 2.75) is 20.0 Å². The summed E-state index contributed by atoms with van der Waals surface area (Å²) in [4.78, 5) is 0. The molecule has 0 amide bonds. The van der Waals surface area contributed by atoms with Crippen molar-refractivity contribution in [3.05, 3.63) is 47.8 Å². The van der Waals surface area contributed by atoms with Crippen LogP contribution in [0.5, 0.6) is 5.75 Å². The molecule has 17 heavy (non-hydrogen) atoms. The molecule has 2 aromatic rings. The van der Waals surface area contributed by atoms with Gasteiger partial charge in [-0.1, -0.05) is 12.1 Å². The quantitative estimate of drug-likeness (QED) is 0.852. The minimum absolute atomic E-state index is 0.562. The molecule has 0 spiro atoms. The molecule has 1 aromatic heterocycles. The molecule has 1 aromatic carbocycles. The Hall–Kier alpha value is -1.81. The lowest BCUT2D eigenvalue weighted by Crippen LogP contribution is -2.08. The van der Waals surface area contributed by atoms with Gasteiger partial charge in [0, 0.05) is 12.7 Å². The second-order valence-electron chi connectivity index (χ2n) is 3.92. The molecule has 0 aliphatic heterocycles. The highest BCUT2D eigenvalue weighted by atomic mass is 16.5. The van der Waals surface area contributed by atoms with Gasteiger partial charge in [-0.05, 0) is 30.7 Å². The fourth-order valence-electron chi connectivity index (χ4n) is 1.57. The van der Waals surface area contributed by atoms with Gasteiger partial charge in [-0.3, -0.25) is 4.68 Å². The molecule has 2 N–H and O–H groups in total. The molecule has 4 heteroatoms. The third-order valence-corrected chi connectivity index (χ3v) is 2.52. The van der Waals surface area contributed by atoms with Crippen LogP contribution in [0.2, 0.25) is 0 Å². The van der Waals surface area contributed by atoms with Gasteiger partial charge in [0.2, 0.25) is 0 Å². The molecule has 0 unspecified atom stereocenters. The Labute approximate surface area is 101 Å². The Balaban J connectivity index is 1.81. The molecule has 2 rings (SSSR count). The Morgan fingerprint density at radius 3 is 2.59 bits per heavy atom. The van der Waals surface area contributed by atoms with Crippen molar-refractivity contribution in [1.29, 1.82) is 0 Å². The first-order chi connectivity index (χ1) is 8.28. The molecule has 1 heterocycles. The summed E-state index contributed by atoms with van der Waals surface area (Å²) >= 11 is 0. The summed E-state index contributed by atoms with van der Waals surface area (Å²) < 4.78 is 7.50. The highest BCUT2D eigenvalue weighted by Gasteiger charge is 1.96. The number of aryl methyl sites for hydroxylation is 1. The van der Waals surface area contributed by atoms with Gasteiger partial charge < -0.3 is 10.5 Å². The first kappa shape index (κ1) is 11.7. The Morgan fingerprint density at radius 2 is 2.00 bits per heavy atom. The molecule has 0 bridgehead atoms. The van der Waals surface area contributed by atoms with E-state index in [2.05, 4.69) is 5.10 Å². The third-order valence-electron chi connectivity index (χ3n) is 2.52. The Kier molecular flexibility index (Phi) is 3.77. The zero-order valence-electron chi connectivity index (χ0n) is 9.97. The van der Waals surface area contributed by atoms with E-state index in [1.54, 1.807) is 0 Å². The summed E-state index contributed by atoms with van der Waals surface area (Å²) in [5.41, 5.74) is 7.66. The number of hydrogen-bond donors (Lipinski definition) is 1. The predicted molar refractivity (Wildman–Crippen MR) is 66.8 cm³/mol. The van der Waals surface area contributed by atoms with Crippen LogP contribution in [0.25, 0.3) is 0 Å². The predicted octanol–water partition coefficient (Wildman–Crippen LogP) is 1.73. The van der Waals surface area contributed by atoms with Crippen molar-refractivity contribution < 1.29 is 4.74 Å². The molecule has 0 radical (unpaired) electrons. The number of rotatable bonds is 5. The summed E-state index contributed by atoms with van der Waals surface area (Å²) in [6.07, 6.45) is 1.95. The molecule has 0 aliphatic rings. The standard InChI is InChI=1S/C13H17N3O/c1-11-6-7-16(15-11)8-9-17-13-4-2-12(10-14)3-5-13/h2-7H,8-10,14H2,1H3. The van der Waals surface area contributed by atoms with E-state index in [9.17, 15) is 0 Å². The van der Waals surface area contributed by atoms with E-state index in [1.165, 1.54) is 0 Å². The van der Waals surface area contributed by atoms with Crippen LogP contribution in [0.1, 0.15) is 11.3 Å². The maximum atomic E-state index is 5.62. The van der Waals surface area contributed by atoms with E-state index < -0.39 is 0 Å². The fraction of sp³-hybridized carbons (Fsp3) is 0.308. The van der Waals surface area contributed by atoms with Gasteiger partial charge >= 0.3 is 0 Å². The molecule has 0 saturated heterocycles. The summed E-state index contributed by atoms with van der Waals surface area (Å²) in [6.45, 7) is 3.91. The van der Waals surface area contributed by atoms with Crippen molar-refractivity contribution in [3.8, 4) is 5.75 Å². The summed E-state index contributed by atoms with van der Waals surface area (Å²) in [7, 11) is 0. The number of nitrogens with zero attached hydrogens (tertiary/aromatic N) is 2. The van der Waals surface area contributed by atoms with E-state index in [0.29, 0.717) is 13.2 Å². The van der Waals surface area contributed by atoms with Crippen LogP contribution in [0.15, 0.2) is 36.5 Å². The number of nitrogens with two attached hydrogens (primary N) is 1. The van der Waals surface area contributed by atoms with Crippen LogP contribution in [0.4, 0.5) is 0 Å². The van der Waals surface area contributed by atoms with E-state index in [0.717, 1.165) is 23.6 Å². The molecular formula is C13H17N3O. The van der Waals surface area contributed by atoms with Crippen LogP contribution in [0, 0.1) is 6.92 Å². The lowest BCUT2D eigenvalue weighted by atomic mass is 10.2. The largest absolute Gasteiger partial charge is 0.492 e. The lowest BCUT2D eigenvalue weighted by Gasteiger charge is -2.06.